The smallest absolute Gasteiger partial charge is 0.159 e. The van der Waals surface area contributed by atoms with Gasteiger partial charge in [-0.2, -0.15) is 0 Å². The van der Waals surface area contributed by atoms with Gasteiger partial charge in [0.05, 0.1) is 0 Å². The van der Waals surface area contributed by atoms with Crippen LogP contribution in [0.15, 0.2) is 48.2 Å². The maximum Gasteiger partial charge on any atom is 0.159 e. The average molecular weight is 201 g/mol. The molecular formula is C12H11NO2. The molecule has 3 nitrogen and oxygen atoms in total. The summed E-state index contributed by atoms with van der Waals surface area (Å²) in [5.74, 6) is 0.327. The van der Waals surface area contributed by atoms with E-state index in [1.165, 1.54) is 0 Å². The van der Waals surface area contributed by atoms with E-state index in [0.717, 1.165) is 11.4 Å². The van der Waals surface area contributed by atoms with Crippen LogP contribution >= 0.6 is 0 Å². The SMILES string of the molecule is O=C1C=CC(Nc2cccc(O)c2)=CC1. The first-order chi connectivity index (χ1) is 7.24. The average Bonchev–Trinajstić information content (AvgIpc) is 2.22. The van der Waals surface area contributed by atoms with Gasteiger partial charge in [-0.15, -0.1) is 0 Å². The van der Waals surface area contributed by atoms with E-state index in [9.17, 15) is 9.90 Å². The first-order valence-electron chi connectivity index (χ1n) is 4.71. The third-order valence-corrected chi connectivity index (χ3v) is 2.11. The number of ketones is 1. The summed E-state index contributed by atoms with van der Waals surface area (Å²) in [5, 5.41) is 12.4. The highest BCUT2D eigenvalue weighted by molar-refractivity contribution is 5.92. The van der Waals surface area contributed by atoms with Crippen LogP contribution in [0.2, 0.25) is 0 Å². The highest BCUT2D eigenvalue weighted by Gasteiger charge is 2.03. The molecule has 0 aliphatic heterocycles. The lowest BCUT2D eigenvalue weighted by Gasteiger charge is -2.09. The molecule has 1 aromatic rings. The van der Waals surface area contributed by atoms with E-state index >= 15 is 0 Å². The molecule has 0 heterocycles. The summed E-state index contributed by atoms with van der Waals surface area (Å²) in [6.45, 7) is 0. The third-order valence-electron chi connectivity index (χ3n) is 2.11. The van der Waals surface area contributed by atoms with Crippen molar-refractivity contribution in [2.45, 2.75) is 6.42 Å². The maximum absolute atomic E-state index is 10.9. The first kappa shape index (κ1) is 9.52. The fourth-order valence-electron chi connectivity index (χ4n) is 1.37. The Morgan fingerprint density at radius 3 is 2.80 bits per heavy atom. The minimum atomic E-state index is 0.108. The Balaban J connectivity index is 2.10. The molecular weight excluding hydrogens is 190 g/mol. The van der Waals surface area contributed by atoms with Gasteiger partial charge in [-0.25, -0.2) is 0 Å². The van der Waals surface area contributed by atoms with Gasteiger partial charge in [0.25, 0.3) is 0 Å². The normalized spacial score (nSPS) is 14.9. The summed E-state index contributed by atoms with van der Waals surface area (Å²) in [6, 6.07) is 6.85. The predicted molar refractivity (Wildman–Crippen MR) is 58.6 cm³/mol. The van der Waals surface area contributed by atoms with Crippen molar-refractivity contribution in [3.8, 4) is 5.75 Å². The van der Waals surface area contributed by atoms with E-state index in [4.69, 9.17) is 0 Å². The number of carbonyl (C=O) groups is 1. The standard InChI is InChI=1S/C12H11NO2/c14-11-6-4-9(5-7-11)13-10-2-1-3-12(15)8-10/h1-6,8,13,15H,7H2. The molecule has 1 aromatic carbocycles. The zero-order chi connectivity index (χ0) is 10.7. The van der Waals surface area contributed by atoms with E-state index in [-0.39, 0.29) is 11.5 Å². The van der Waals surface area contributed by atoms with Crippen molar-refractivity contribution in [1.82, 2.24) is 0 Å². The topological polar surface area (TPSA) is 49.3 Å². The summed E-state index contributed by atoms with van der Waals surface area (Å²) in [5.41, 5.74) is 1.68. The molecule has 2 rings (SSSR count). The van der Waals surface area contributed by atoms with E-state index in [2.05, 4.69) is 5.32 Å². The van der Waals surface area contributed by atoms with Crippen molar-refractivity contribution in [3.63, 3.8) is 0 Å². The fraction of sp³-hybridized carbons (Fsp3) is 0.0833. The second kappa shape index (κ2) is 4.00. The van der Waals surface area contributed by atoms with Crippen LogP contribution in [0.1, 0.15) is 6.42 Å². The number of nitrogens with one attached hydrogen (secondary N) is 1. The molecule has 2 N–H and O–H groups in total. The van der Waals surface area contributed by atoms with Gasteiger partial charge < -0.3 is 10.4 Å². The molecule has 0 aromatic heterocycles. The van der Waals surface area contributed by atoms with Crippen molar-refractivity contribution in [2.75, 3.05) is 5.32 Å². The molecule has 3 heteroatoms. The lowest BCUT2D eigenvalue weighted by Crippen LogP contribution is -2.03. The summed E-state index contributed by atoms with van der Waals surface area (Å²) in [7, 11) is 0. The van der Waals surface area contributed by atoms with Gasteiger partial charge in [-0.05, 0) is 24.3 Å². The Kier molecular flexibility index (Phi) is 2.54. The minimum absolute atomic E-state index is 0.108. The summed E-state index contributed by atoms with van der Waals surface area (Å²) in [4.78, 5) is 10.9. The molecule has 0 amide bonds. The van der Waals surface area contributed by atoms with Gasteiger partial charge in [0.15, 0.2) is 5.78 Å². The van der Waals surface area contributed by atoms with Crippen LogP contribution in [0.4, 0.5) is 5.69 Å². The molecule has 0 fully saturated rings. The van der Waals surface area contributed by atoms with Gasteiger partial charge in [-0.3, -0.25) is 4.79 Å². The van der Waals surface area contributed by atoms with Crippen LogP contribution < -0.4 is 5.32 Å². The number of allylic oxidation sites excluding steroid dienone is 3. The molecule has 1 aliphatic rings. The number of phenols is 1. The molecule has 0 radical (unpaired) electrons. The van der Waals surface area contributed by atoms with Gasteiger partial charge in [-0.1, -0.05) is 12.1 Å². The van der Waals surface area contributed by atoms with E-state index in [0.29, 0.717) is 6.42 Å². The van der Waals surface area contributed by atoms with Gasteiger partial charge in [0.1, 0.15) is 5.75 Å². The molecule has 0 unspecified atom stereocenters. The maximum atomic E-state index is 10.9. The molecule has 0 atom stereocenters. The number of rotatable bonds is 2. The number of hydrogen-bond acceptors (Lipinski definition) is 3. The van der Waals surface area contributed by atoms with Gasteiger partial charge in [0.2, 0.25) is 0 Å². The Morgan fingerprint density at radius 2 is 2.13 bits per heavy atom. The molecule has 15 heavy (non-hydrogen) atoms. The molecule has 0 spiro atoms. The van der Waals surface area contributed by atoms with Gasteiger partial charge >= 0.3 is 0 Å². The van der Waals surface area contributed by atoms with E-state index in [1.54, 1.807) is 30.4 Å². The van der Waals surface area contributed by atoms with Crippen molar-refractivity contribution in [3.05, 3.63) is 48.2 Å². The zero-order valence-electron chi connectivity index (χ0n) is 8.10. The minimum Gasteiger partial charge on any atom is -0.508 e. The molecule has 76 valence electrons. The lowest BCUT2D eigenvalue weighted by molar-refractivity contribution is -0.113. The summed E-state index contributed by atoms with van der Waals surface area (Å²) < 4.78 is 0. The zero-order valence-corrected chi connectivity index (χ0v) is 8.10. The highest BCUT2D eigenvalue weighted by atomic mass is 16.3. The van der Waals surface area contributed by atoms with Crippen molar-refractivity contribution < 1.29 is 9.90 Å². The number of hydrogen-bond donors (Lipinski definition) is 2. The summed E-state index contributed by atoms with van der Waals surface area (Å²) >= 11 is 0. The number of aromatic hydroxyl groups is 1. The van der Waals surface area contributed by atoms with Crippen LogP contribution in [-0.2, 0) is 4.79 Å². The van der Waals surface area contributed by atoms with Crippen molar-refractivity contribution in [1.29, 1.82) is 0 Å². The second-order valence-electron chi connectivity index (χ2n) is 3.34. The predicted octanol–water partition coefficient (Wildman–Crippen LogP) is 2.22. The van der Waals surface area contributed by atoms with Crippen molar-refractivity contribution >= 4 is 11.5 Å². The van der Waals surface area contributed by atoms with Crippen molar-refractivity contribution in [2.24, 2.45) is 0 Å². The third kappa shape index (κ3) is 2.47. The number of anilines is 1. The van der Waals surface area contributed by atoms with Crippen LogP contribution in [0.5, 0.6) is 5.75 Å². The highest BCUT2D eigenvalue weighted by Crippen LogP contribution is 2.18. The number of carbonyl (C=O) groups excluding carboxylic acids is 1. The fourth-order valence-corrected chi connectivity index (χ4v) is 1.37. The molecule has 1 aliphatic carbocycles. The molecule has 0 saturated carbocycles. The van der Waals surface area contributed by atoms with Crippen LogP contribution in [-0.4, -0.2) is 10.9 Å². The van der Waals surface area contributed by atoms with Gasteiger partial charge in [0, 0.05) is 23.9 Å². The number of phenolic OH excluding ortho intramolecular Hbond substituents is 1. The van der Waals surface area contributed by atoms with E-state index < -0.39 is 0 Å². The molecule has 0 bridgehead atoms. The quantitative estimate of drug-likeness (QED) is 0.771. The Labute approximate surface area is 87.7 Å². The Hall–Kier alpha value is -2.03. The molecule has 0 saturated heterocycles. The van der Waals surface area contributed by atoms with Crippen LogP contribution in [0.3, 0.4) is 0 Å². The number of benzene rings is 1. The second-order valence-corrected chi connectivity index (χ2v) is 3.34. The van der Waals surface area contributed by atoms with Crippen LogP contribution in [0.25, 0.3) is 0 Å². The van der Waals surface area contributed by atoms with E-state index in [1.807, 2.05) is 12.1 Å². The largest absolute Gasteiger partial charge is 0.508 e. The lowest BCUT2D eigenvalue weighted by atomic mass is 10.1. The summed E-state index contributed by atoms with van der Waals surface area (Å²) in [6.07, 6.45) is 5.53. The monoisotopic (exact) mass is 201 g/mol. The van der Waals surface area contributed by atoms with Crippen LogP contribution in [0, 0.1) is 0 Å². The Morgan fingerprint density at radius 1 is 1.27 bits per heavy atom. The Bertz CT molecular complexity index is 447. The first-order valence-corrected chi connectivity index (χ1v) is 4.71.